The molecule has 0 aliphatic rings. The van der Waals surface area contributed by atoms with Crippen LogP contribution in [0.4, 0.5) is 5.69 Å². The van der Waals surface area contributed by atoms with E-state index in [4.69, 9.17) is 27.5 Å². The van der Waals surface area contributed by atoms with Gasteiger partial charge < -0.3 is 14.8 Å². The molecule has 0 spiro atoms. The molecule has 0 fully saturated rings. The van der Waals surface area contributed by atoms with E-state index in [2.05, 4.69) is 11.2 Å². The van der Waals surface area contributed by atoms with Crippen LogP contribution in [-0.4, -0.2) is 13.7 Å². The molecule has 0 aromatic heterocycles. The van der Waals surface area contributed by atoms with E-state index >= 15 is 0 Å². The predicted octanol–water partition coefficient (Wildman–Crippen LogP) is 3.97. The number of ether oxygens (including phenoxy) is 2. The maximum atomic E-state index is 6.17. The van der Waals surface area contributed by atoms with Crippen LogP contribution >= 0.6 is 11.6 Å². The highest BCUT2D eigenvalue weighted by molar-refractivity contribution is 6.33. The van der Waals surface area contributed by atoms with Gasteiger partial charge >= 0.3 is 0 Å². The van der Waals surface area contributed by atoms with Crippen LogP contribution in [0.2, 0.25) is 5.02 Å². The van der Waals surface area contributed by atoms with Crippen molar-refractivity contribution in [1.82, 2.24) is 0 Å². The Kier molecular flexibility index (Phi) is 5.36. The summed E-state index contributed by atoms with van der Waals surface area (Å²) < 4.78 is 10.7. The molecule has 0 unspecified atom stereocenters. The molecular weight excluding hydrogens is 286 g/mol. The van der Waals surface area contributed by atoms with E-state index in [1.807, 2.05) is 36.4 Å². The van der Waals surface area contributed by atoms with Crippen LogP contribution in [0.3, 0.4) is 0 Å². The first kappa shape index (κ1) is 15.1. The normalized spacial score (nSPS) is 9.76. The zero-order valence-corrected chi connectivity index (χ0v) is 12.5. The molecule has 3 nitrogen and oxygen atoms in total. The largest absolute Gasteiger partial charge is 0.497 e. The third-order valence-corrected chi connectivity index (χ3v) is 3.26. The molecule has 0 heterocycles. The summed E-state index contributed by atoms with van der Waals surface area (Å²) in [6.07, 6.45) is 5.22. The first-order valence-electron chi connectivity index (χ1n) is 6.46. The quantitative estimate of drug-likeness (QED) is 0.819. The standard InChI is InChI=1S/C17H16ClNO2/c1-3-10-21-17-7-5-4-6-13(17)12-19-16-11-14(20-2)8-9-15(16)18/h1,4-9,11,19H,10,12H2,2H3. The van der Waals surface area contributed by atoms with Crippen molar-refractivity contribution in [2.45, 2.75) is 6.54 Å². The Morgan fingerprint density at radius 1 is 1.24 bits per heavy atom. The van der Waals surface area contributed by atoms with Gasteiger partial charge in [0.2, 0.25) is 0 Å². The Balaban J connectivity index is 2.11. The molecule has 0 radical (unpaired) electrons. The Bertz CT molecular complexity index is 649. The Morgan fingerprint density at radius 2 is 2.05 bits per heavy atom. The van der Waals surface area contributed by atoms with Gasteiger partial charge in [0.05, 0.1) is 17.8 Å². The summed E-state index contributed by atoms with van der Waals surface area (Å²) in [5, 5.41) is 3.91. The average Bonchev–Trinajstić information content (AvgIpc) is 2.53. The molecule has 2 aromatic carbocycles. The highest BCUT2D eigenvalue weighted by Gasteiger charge is 2.05. The molecule has 0 saturated heterocycles. The van der Waals surface area contributed by atoms with Gasteiger partial charge in [-0.2, -0.15) is 0 Å². The SMILES string of the molecule is C#CCOc1ccccc1CNc1cc(OC)ccc1Cl. The van der Waals surface area contributed by atoms with Gasteiger partial charge in [0.1, 0.15) is 18.1 Å². The lowest BCUT2D eigenvalue weighted by Gasteiger charge is -2.13. The molecule has 2 rings (SSSR count). The molecule has 0 atom stereocenters. The number of rotatable bonds is 6. The number of nitrogens with one attached hydrogen (secondary N) is 1. The van der Waals surface area contributed by atoms with Crippen molar-refractivity contribution < 1.29 is 9.47 Å². The number of anilines is 1. The van der Waals surface area contributed by atoms with Gasteiger partial charge in [-0.25, -0.2) is 0 Å². The second-order valence-electron chi connectivity index (χ2n) is 4.30. The minimum absolute atomic E-state index is 0.247. The molecule has 0 aliphatic carbocycles. The third kappa shape index (κ3) is 4.08. The molecule has 0 bridgehead atoms. The molecule has 4 heteroatoms. The molecule has 0 saturated carbocycles. The highest BCUT2D eigenvalue weighted by Crippen LogP contribution is 2.28. The van der Waals surface area contributed by atoms with E-state index in [0.29, 0.717) is 11.6 Å². The third-order valence-electron chi connectivity index (χ3n) is 2.93. The predicted molar refractivity (Wildman–Crippen MR) is 86.1 cm³/mol. The fraction of sp³-hybridized carbons (Fsp3) is 0.176. The van der Waals surface area contributed by atoms with Crippen LogP contribution < -0.4 is 14.8 Å². The Morgan fingerprint density at radius 3 is 2.81 bits per heavy atom. The van der Waals surface area contributed by atoms with E-state index in [0.717, 1.165) is 22.7 Å². The number of benzene rings is 2. The summed E-state index contributed by atoms with van der Waals surface area (Å²) in [5.74, 6) is 3.98. The van der Waals surface area contributed by atoms with Crippen LogP contribution in [-0.2, 0) is 6.54 Å². The van der Waals surface area contributed by atoms with Crippen molar-refractivity contribution >= 4 is 17.3 Å². The highest BCUT2D eigenvalue weighted by atomic mass is 35.5. The summed E-state index contributed by atoms with van der Waals surface area (Å²) in [7, 11) is 1.62. The second kappa shape index (κ2) is 7.47. The van der Waals surface area contributed by atoms with Crippen LogP contribution in [0.25, 0.3) is 0 Å². The van der Waals surface area contributed by atoms with Crippen LogP contribution in [0.5, 0.6) is 11.5 Å². The molecule has 108 valence electrons. The fourth-order valence-corrected chi connectivity index (χ4v) is 2.05. The minimum Gasteiger partial charge on any atom is -0.497 e. The van der Waals surface area contributed by atoms with E-state index in [1.165, 1.54) is 0 Å². The fourth-order valence-electron chi connectivity index (χ4n) is 1.87. The number of methoxy groups -OCH3 is 1. The zero-order chi connectivity index (χ0) is 15.1. The molecule has 2 aromatic rings. The molecule has 0 aliphatic heterocycles. The van der Waals surface area contributed by atoms with Crippen molar-refractivity contribution in [2.75, 3.05) is 19.0 Å². The van der Waals surface area contributed by atoms with Crippen molar-refractivity contribution in [3.63, 3.8) is 0 Å². The van der Waals surface area contributed by atoms with Crippen molar-refractivity contribution in [2.24, 2.45) is 0 Å². The van der Waals surface area contributed by atoms with E-state index in [9.17, 15) is 0 Å². The summed E-state index contributed by atoms with van der Waals surface area (Å²) >= 11 is 6.17. The van der Waals surface area contributed by atoms with Crippen molar-refractivity contribution in [3.05, 3.63) is 53.1 Å². The molecule has 21 heavy (non-hydrogen) atoms. The molecule has 1 N–H and O–H groups in total. The second-order valence-corrected chi connectivity index (χ2v) is 4.71. The topological polar surface area (TPSA) is 30.5 Å². The lowest BCUT2D eigenvalue weighted by Crippen LogP contribution is -2.04. The smallest absolute Gasteiger partial charge is 0.148 e. The lowest BCUT2D eigenvalue weighted by atomic mass is 10.2. The van der Waals surface area contributed by atoms with Gasteiger partial charge in [0.15, 0.2) is 0 Å². The van der Waals surface area contributed by atoms with Crippen molar-refractivity contribution in [1.29, 1.82) is 0 Å². The summed E-state index contributed by atoms with van der Waals surface area (Å²) in [6.45, 7) is 0.824. The van der Waals surface area contributed by atoms with Crippen LogP contribution in [0, 0.1) is 12.3 Å². The number of para-hydroxylation sites is 1. The average molecular weight is 302 g/mol. The first-order chi connectivity index (χ1) is 10.2. The number of halogens is 1. The monoisotopic (exact) mass is 301 g/mol. The van der Waals surface area contributed by atoms with Crippen molar-refractivity contribution in [3.8, 4) is 23.8 Å². The summed E-state index contributed by atoms with van der Waals surface area (Å²) in [6, 6.07) is 13.2. The molecular formula is C17H16ClNO2. The Hall–Kier alpha value is -2.31. The first-order valence-corrected chi connectivity index (χ1v) is 6.84. The van der Waals surface area contributed by atoms with Crippen LogP contribution in [0.1, 0.15) is 5.56 Å². The van der Waals surface area contributed by atoms with Gasteiger partial charge in [0, 0.05) is 18.2 Å². The zero-order valence-electron chi connectivity index (χ0n) is 11.7. The van der Waals surface area contributed by atoms with Gasteiger partial charge in [-0.1, -0.05) is 35.7 Å². The Labute approximate surface area is 129 Å². The van der Waals surface area contributed by atoms with Gasteiger partial charge in [-0.05, 0) is 18.2 Å². The van der Waals surface area contributed by atoms with Crippen LogP contribution in [0.15, 0.2) is 42.5 Å². The molecule has 0 amide bonds. The number of terminal acetylenes is 1. The van der Waals surface area contributed by atoms with Gasteiger partial charge in [0.25, 0.3) is 0 Å². The minimum atomic E-state index is 0.247. The lowest BCUT2D eigenvalue weighted by molar-refractivity contribution is 0.366. The summed E-state index contributed by atoms with van der Waals surface area (Å²) in [4.78, 5) is 0. The van der Waals surface area contributed by atoms with Gasteiger partial charge in [-0.15, -0.1) is 6.42 Å². The van der Waals surface area contributed by atoms with Gasteiger partial charge in [-0.3, -0.25) is 0 Å². The van der Waals surface area contributed by atoms with E-state index < -0.39 is 0 Å². The maximum Gasteiger partial charge on any atom is 0.148 e. The van der Waals surface area contributed by atoms with E-state index in [1.54, 1.807) is 13.2 Å². The number of hydrogen-bond acceptors (Lipinski definition) is 3. The summed E-state index contributed by atoms with van der Waals surface area (Å²) in [5.41, 5.74) is 1.81. The number of hydrogen-bond donors (Lipinski definition) is 1. The maximum absolute atomic E-state index is 6.17. The van der Waals surface area contributed by atoms with E-state index in [-0.39, 0.29) is 6.61 Å².